The largest absolute Gasteiger partial charge is 0.479 e. The fourth-order valence-corrected chi connectivity index (χ4v) is 2.62. The molecule has 0 fully saturated rings. The topological polar surface area (TPSA) is 91.8 Å². The lowest BCUT2D eigenvalue weighted by atomic mass is 10.3. The Kier molecular flexibility index (Phi) is 7.64. The van der Waals surface area contributed by atoms with E-state index in [0.29, 0.717) is 39.1 Å². The number of nitrogens with zero attached hydrogens (tertiary/aromatic N) is 2. The van der Waals surface area contributed by atoms with Crippen LogP contribution in [0.3, 0.4) is 0 Å². The van der Waals surface area contributed by atoms with Crippen LogP contribution in [-0.2, 0) is 14.4 Å². The Hall–Kier alpha value is -3.36. The summed E-state index contributed by atoms with van der Waals surface area (Å²) in [6.45, 7) is 7.28. The first kappa shape index (κ1) is 22.3. The van der Waals surface area contributed by atoms with Crippen molar-refractivity contribution < 1.29 is 23.8 Å². The summed E-state index contributed by atoms with van der Waals surface area (Å²) in [5, 5.41) is 0.595. The van der Waals surface area contributed by atoms with Crippen molar-refractivity contribution in [3.8, 4) is 17.4 Å². The van der Waals surface area contributed by atoms with E-state index in [0.717, 1.165) is 0 Å². The van der Waals surface area contributed by atoms with Crippen molar-refractivity contribution in [2.24, 2.45) is 0 Å². The van der Waals surface area contributed by atoms with E-state index < -0.39 is 12.1 Å². The molecule has 1 heterocycles. The van der Waals surface area contributed by atoms with Gasteiger partial charge in [-0.25, -0.2) is 14.8 Å². The zero-order chi connectivity index (χ0) is 22.2. The third kappa shape index (κ3) is 6.84. The summed E-state index contributed by atoms with van der Waals surface area (Å²) in [6, 6.07) is 12.0. The standard InChI is InChI=1S/C22H22ClN3O5/c1-14(2)26-29-11-10-28-22(27)15(3)30-17-5-7-18(8-6-17)31-21-13-24-20-12-16(23)4-9-19(20)25-21/h4-9,12-13,15,26H,1,10-11H2,2-3H3. The average molecular weight is 444 g/mol. The molecule has 0 amide bonds. The fraction of sp³-hybridized carbons (Fsp3) is 0.227. The second kappa shape index (κ2) is 10.6. The minimum atomic E-state index is -0.779. The lowest BCUT2D eigenvalue weighted by molar-refractivity contribution is -0.153. The minimum Gasteiger partial charge on any atom is -0.479 e. The molecule has 1 aromatic heterocycles. The van der Waals surface area contributed by atoms with Gasteiger partial charge in [0.05, 0.1) is 17.2 Å². The first-order chi connectivity index (χ1) is 14.9. The SMILES string of the molecule is C=C(C)NOCCOC(=O)C(C)Oc1ccc(Oc2cnc3cc(Cl)ccc3n2)cc1. The number of hydroxylamine groups is 1. The maximum atomic E-state index is 12.0. The predicted octanol–water partition coefficient (Wildman–Crippen LogP) is 4.44. The lowest BCUT2D eigenvalue weighted by Crippen LogP contribution is -2.28. The summed E-state index contributed by atoms with van der Waals surface area (Å²) in [7, 11) is 0. The normalized spacial score (nSPS) is 11.6. The number of rotatable bonds is 10. The molecule has 2 aromatic carbocycles. The van der Waals surface area contributed by atoms with Gasteiger partial charge in [-0.2, -0.15) is 0 Å². The molecule has 162 valence electrons. The molecule has 3 rings (SSSR count). The number of aromatic nitrogens is 2. The van der Waals surface area contributed by atoms with E-state index in [4.69, 9.17) is 30.6 Å². The lowest BCUT2D eigenvalue weighted by Gasteiger charge is -2.14. The number of nitrogens with one attached hydrogen (secondary N) is 1. The minimum absolute atomic E-state index is 0.0958. The van der Waals surface area contributed by atoms with Crippen LogP contribution >= 0.6 is 11.6 Å². The number of ether oxygens (including phenoxy) is 3. The van der Waals surface area contributed by atoms with Gasteiger partial charge in [-0.3, -0.25) is 10.3 Å². The van der Waals surface area contributed by atoms with Gasteiger partial charge in [-0.1, -0.05) is 18.2 Å². The van der Waals surface area contributed by atoms with E-state index in [2.05, 4.69) is 22.0 Å². The van der Waals surface area contributed by atoms with Crippen molar-refractivity contribution in [3.63, 3.8) is 0 Å². The van der Waals surface area contributed by atoms with Gasteiger partial charge in [0.2, 0.25) is 5.88 Å². The molecule has 0 aliphatic rings. The van der Waals surface area contributed by atoms with Crippen LogP contribution in [0.25, 0.3) is 11.0 Å². The molecule has 0 aliphatic carbocycles. The number of halogens is 1. The van der Waals surface area contributed by atoms with Gasteiger partial charge < -0.3 is 14.2 Å². The maximum Gasteiger partial charge on any atom is 0.347 e. The van der Waals surface area contributed by atoms with Crippen molar-refractivity contribution in [1.29, 1.82) is 0 Å². The zero-order valence-electron chi connectivity index (χ0n) is 17.1. The first-order valence-corrected chi connectivity index (χ1v) is 9.85. The monoisotopic (exact) mass is 443 g/mol. The van der Waals surface area contributed by atoms with Crippen LogP contribution in [0.4, 0.5) is 0 Å². The van der Waals surface area contributed by atoms with Gasteiger partial charge in [0, 0.05) is 10.7 Å². The average Bonchev–Trinajstić information content (AvgIpc) is 2.74. The van der Waals surface area contributed by atoms with Crippen molar-refractivity contribution in [2.75, 3.05) is 13.2 Å². The van der Waals surface area contributed by atoms with Gasteiger partial charge in [-0.15, -0.1) is 0 Å². The van der Waals surface area contributed by atoms with Crippen molar-refractivity contribution in [1.82, 2.24) is 15.4 Å². The Bertz CT molecular complexity index is 1060. The Morgan fingerprint density at radius 1 is 1.13 bits per heavy atom. The van der Waals surface area contributed by atoms with Crippen molar-refractivity contribution in [2.45, 2.75) is 20.0 Å². The summed E-state index contributed by atoms with van der Waals surface area (Å²) in [5.74, 6) is 0.901. The molecule has 0 radical (unpaired) electrons. The van der Waals surface area contributed by atoms with E-state index in [9.17, 15) is 4.79 Å². The Balaban J connectivity index is 1.50. The van der Waals surface area contributed by atoms with Crippen LogP contribution in [-0.4, -0.2) is 35.3 Å². The highest BCUT2D eigenvalue weighted by atomic mass is 35.5. The predicted molar refractivity (Wildman–Crippen MR) is 116 cm³/mol. The van der Waals surface area contributed by atoms with Gasteiger partial charge in [-0.05, 0) is 56.3 Å². The molecule has 0 aliphatic heterocycles. The third-order valence-electron chi connectivity index (χ3n) is 3.85. The van der Waals surface area contributed by atoms with Gasteiger partial charge in [0.25, 0.3) is 0 Å². The molecule has 9 heteroatoms. The molecule has 0 bridgehead atoms. The fourth-order valence-electron chi connectivity index (χ4n) is 2.45. The molecular weight excluding hydrogens is 422 g/mol. The summed E-state index contributed by atoms with van der Waals surface area (Å²) in [5.41, 5.74) is 4.60. The number of allylic oxidation sites excluding steroid dienone is 1. The number of carbonyl (C=O) groups is 1. The van der Waals surface area contributed by atoms with Gasteiger partial charge in [0.15, 0.2) is 6.10 Å². The van der Waals surface area contributed by atoms with E-state index in [1.54, 1.807) is 56.3 Å². The second-order valence-electron chi connectivity index (χ2n) is 6.57. The van der Waals surface area contributed by atoms with Crippen LogP contribution in [0.1, 0.15) is 13.8 Å². The Labute approximate surface area is 184 Å². The summed E-state index contributed by atoms with van der Waals surface area (Å²) < 4.78 is 16.4. The van der Waals surface area contributed by atoms with E-state index in [1.165, 1.54) is 6.20 Å². The number of hydrogen-bond donors (Lipinski definition) is 1. The highest BCUT2D eigenvalue weighted by molar-refractivity contribution is 6.31. The molecule has 31 heavy (non-hydrogen) atoms. The van der Waals surface area contributed by atoms with E-state index >= 15 is 0 Å². The zero-order valence-corrected chi connectivity index (χ0v) is 17.9. The van der Waals surface area contributed by atoms with Crippen LogP contribution < -0.4 is 15.0 Å². The third-order valence-corrected chi connectivity index (χ3v) is 4.08. The molecule has 0 saturated carbocycles. The maximum absolute atomic E-state index is 12.0. The molecule has 1 N–H and O–H groups in total. The molecule has 0 saturated heterocycles. The van der Waals surface area contributed by atoms with Crippen LogP contribution in [0, 0.1) is 0 Å². The summed E-state index contributed by atoms with van der Waals surface area (Å²) in [4.78, 5) is 25.7. The highest BCUT2D eigenvalue weighted by Gasteiger charge is 2.16. The molecule has 0 spiro atoms. The summed E-state index contributed by atoms with van der Waals surface area (Å²) >= 11 is 5.96. The Morgan fingerprint density at radius 2 is 1.87 bits per heavy atom. The first-order valence-electron chi connectivity index (χ1n) is 9.47. The van der Waals surface area contributed by atoms with E-state index in [-0.39, 0.29) is 13.2 Å². The molecule has 8 nitrogen and oxygen atoms in total. The number of benzene rings is 2. The highest BCUT2D eigenvalue weighted by Crippen LogP contribution is 2.25. The van der Waals surface area contributed by atoms with Gasteiger partial charge >= 0.3 is 5.97 Å². The molecule has 3 aromatic rings. The number of hydrogen-bond acceptors (Lipinski definition) is 8. The number of fused-ring (bicyclic) bond motifs is 1. The number of esters is 1. The molecule has 1 atom stereocenters. The molecular formula is C22H22ClN3O5. The Morgan fingerprint density at radius 3 is 2.61 bits per heavy atom. The van der Waals surface area contributed by atoms with Crippen LogP contribution in [0.2, 0.25) is 5.02 Å². The quantitative estimate of drug-likeness (QED) is 0.279. The molecule has 1 unspecified atom stereocenters. The smallest absolute Gasteiger partial charge is 0.347 e. The summed E-state index contributed by atoms with van der Waals surface area (Å²) in [6.07, 6.45) is 0.746. The van der Waals surface area contributed by atoms with Crippen LogP contribution in [0.15, 0.2) is 60.9 Å². The van der Waals surface area contributed by atoms with Crippen LogP contribution in [0.5, 0.6) is 17.4 Å². The van der Waals surface area contributed by atoms with E-state index in [1.807, 2.05) is 0 Å². The van der Waals surface area contributed by atoms with Crippen molar-refractivity contribution in [3.05, 3.63) is 66.0 Å². The number of carbonyl (C=O) groups excluding carboxylic acids is 1. The van der Waals surface area contributed by atoms with Gasteiger partial charge in [0.1, 0.15) is 24.7 Å². The van der Waals surface area contributed by atoms with Crippen molar-refractivity contribution >= 4 is 28.6 Å². The second-order valence-corrected chi connectivity index (χ2v) is 7.01.